The lowest BCUT2D eigenvalue weighted by Crippen LogP contribution is -2.38. The zero-order valence-electron chi connectivity index (χ0n) is 10.7. The van der Waals surface area contributed by atoms with Crippen LogP contribution in [0.4, 0.5) is 8.78 Å². The zero-order chi connectivity index (χ0) is 14.9. The molecule has 0 bridgehead atoms. The van der Waals surface area contributed by atoms with Gasteiger partial charge in [0.2, 0.25) is 5.67 Å². The van der Waals surface area contributed by atoms with E-state index < -0.39 is 29.9 Å². The minimum absolute atomic E-state index is 0.00131. The van der Waals surface area contributed by atoms with E-state index in [1.54, 1.807) is 0 Å². The molecule has 1 N–H and O–H groups in total. The Kier molecular flexibility index (Phi) is 3.61. The van der Waals surface area contributed by atoms with Crippen LogP contribution < -0.4 is 4.74 Å². The summed E-state index contributed by atoms with van der Waals surface area (Å²) < 4.78 is 31.9. The van der Waals surface area contributed by atoms with Gasteiger partial charge in [-0.1, -0.05) is 0 Å². The number of hydrogen-bond acceptors (Lipinski definition) is 3. The van der Waals surface area contributed by atoms with Gasteiger partial charge in [-0.3, -0.25) is 4.79 Å². The Bertz CT molecular complexity index is 563. The van der Waals surface area contributed by atoms with Gasteiger partial charge in [0.1, 0.15) is 0 Å². The van der Waals surface area contributed by atoms with Gasteiger partial charge in [0.25, 0.3) is 5.91 Å². The van der Waals surface area contributed by atoms with Crippen molar-refractivity contribution < 1.29 is 28.2 Å². The molecule has 20 heavy (non-hydrogen) atoms. The van der Waals surface area contributed by atoms with Gasteiger partial charge < -0.3 is 14.7 Å². The summed E-state index contributed by atoms with van der Waals surface area (Å²) in [5.41, 5.74) is -2.29. The third-order valence-electron chi connectivity index (χ3n) is 3.29. The van der Waals surface area contributed by atoms with Crippen LogP contribution in [0, 0.1) is 5.82 Å². The van der Waals surface area contributed by atoms with Gasteiger partial charge >= 0.3 is 5.97 Å². The molecule has 1 fully saturated rings. The summed E-state index contributed by atoms with van der Waals surface area (Å²) >= 11 is 0. The number of likely N-dealkylation sites (tertiary alicyclic amines) is 1. The quantitative estimate of drug-likeness (QED) is 0.913. The fraction of sp³-hybridized carbons (Fsp3) is 0.385. The summed E-state index contributed by atoms with van der Waals surface area (Å²) in [6.07, 6.45) is -0.258. The molecule has 1 aliphatic heterocycles. The normalized spacial score (nSPS) is 21.9. The lowest BCUT2D eigenvalue weighted by molar-refractivity contribution is -0.149. The lowest BCUT2D eigenvalue weighted by Gasteiger charge is -2.18. The minimum atomic E-state index is -2.42. The topological polar surface area (TPSA) is 66.8 Å². The van der Waals surface area contributed by atoms with Gasteiger partial charge in [0, 0.05) is 18.5 Å². The summed E-state index contributed by atoms with van der Waals surface area (Å²) in [6, 6.07) is 3.53. The number of alkyl halides is 1. The molecule has 1 unspecified atom stereocenters. The van der Waals surface area contributed by atoms with Gasteiger partial charge in [-0.2, -0.15) is 0 Å². The van der Waals surface area contributed by atoms with E-state index >= 15 is 0 Å². The second-order valence-corrected chi connectivity index (χ2v) is 4.60. The SMILES string of the molecule is COc1cc(C(=O)N2CCC(F)(C(=O)O)C2)ccc1F. The van der Waals surface area contributed by atoms with Crippen molar-refractivity contribution in [3.8, 4) is 5.75 Å². The highest BCUT2D eigenvalue weighted by Crippen LogP contribution is 2.28. The summed E-state index contributed by atoms with van der Waals surface area (Å²) in [5.74, 6) is -2.84. The number of aliphatic carboxylic acids is 1. The van der Waals surface area contributed by atoms with Crippen molar-refractivity contribution in [2.24, 2.45) is 0 Å². The molecule has 1 saturated heterocycles. The maximum atomic E-state index is 13.9. The zero-order valence-corrected chi connectivity index (χ0v) is 10.7. The van der Waals surface area contributed by atoms with Crippen molar-refractivity contribution in [1.82, 2.24) is 4.90 Å². The third kappa shape index (κ3) is 2.43. The summed E-state index contributed by atoms with van der Waals surface area (Å²) in [7, 11) is 1.26. The van der Waals surface area contributed by atoms with Crippen molar-refractivity contribution in [2.45, 2.75) is 12.1 Å². The van der Waals surface area contributed by atoms with Crippen LogP contribution in [0.3, 0.4) is 0 Å². The molecule has 1 amide bonds. The molecule has 0 aliphatic carbocycles. The molecule has 108 valence electrons. The van der Waals surface area contributed by atoms with Crippen LogP contribution in [0.15, 0.2) is 18.2 Å². The predicted octanol–water partition coefficient (Wildman–Crippen LogP) is 1.47. The molecule has 0 radical (unpaired) electrons. The first-order chi connectivity index (χ1) is 9.37. The van der Waals surface area contributed by atoms with E-state index in [9.17, 15) is 18.4 Å². The largest absolute Gasteiger partial charge is 0.494 e. The highest BCUT2D eigenvalue weighted by atomic mass is 19.1. The molecule has 0 saturated carbocycles. The van der Waals surface area contributed by atoms with E-state index in [0.29, 0.717) is 0 Å². The first kappa shape index (κ1) is 14.2. The number of rotatable bonds is 3. The number of carbonyl (C=O) groups is 2. The number of halogens is 2. The first-order valence-electron chi connectivity index (χ1n) is 5.92. The molecular formula is C13H13F2NO4. The van der Waals surface area contributed by atoms with E-state index in [1.165, 1.54) is 19.2 Å². The molecule has 1 atom stereocenters. The molecule has 1 aromatic carbocycles. The van der Waals surface area contributed by atoms with Crippen LogP contribution in [0.5, 0.6) is 5.75 Å². The van der Waals surface area contributed by atoms with E-state index in [4.69, 9.17) is 9.84 Å². The van der Waals surface area contributed by atoms with Gasteiger partial charge in [-0.05, 0) is 18.2 Å². The molecule has 0 spiro atoms. The van der Waals surface area contributed by atoms with E-state index in [1.807, 2.05) is 0 Å². The van der Waals surface area contributed by atoms with E-state index in [2.05, 4.69) is 0 Å². The fourth-order valence-corrected chi connectivity index (χ4v) is 2.10. The monoisotopic (exact) mass is 285 g/mol. The third-order valence-corrected chi connectivity index (χ3v) is 3.29. The number of methoxy groups -OCH3 is 1. The van der Waals surface area contributed by atoms with Gasteiger partial charge in [0.15, 0.2) is 11.6 Å². The summed E-state index contributed by atoms with van der Waals surface area (Å²) in [5, 5.41) is 8.78. The Morgan fingerprint density at radius 2 is 2.15 bits per heavy atom. The Labute approximate surface area is 113 Å². The molecule has 7 heteroatoms. The van der Waals surface area contributed by atoms with Gasteiger partial charge in [0.05, 0.1) is 13.7 Å². The number of hydrogen-bond donors (Lipinski definition) is 1. The van der Waals surface area contributed by atoms with Crippen LogP contribution >= 0.6 is 0 Å². The maximum Gasteiger partial charge on any atom is 0.343 e. The second kappa shape index (κ2) is 5.07. The average Bonchev–Trinajstić information content (AvgIpc) is 2.82. The van der Waals surface area contributed by atoms with Crippen molar-refractivity contribution in [3.63, 3.8) is 0 Å². The fourth-order valence-electron chi connectivity index (χ4n) is 2.10. The van der Waals surface area contributed by atoms with Crippen LogP contribution in [-0.2, 0) is 4.79 Å². The Morgan fingerprint density at radius 1 is 1.45 bits per heavy atom. The summed E-state index contributed by atoms with van der Waals surface area (Å²) in [6.45, 7) is -0.512. The molecule has 5 nitrogen and oxygen atoms in total. The van der Waals surface area contributed by atoms with Crippen LogP contribution in [-0.4, -0.2) is 47.8 Å². The second-order valence-electron chi connectivity index (χ2n) is 4.60. The van der Waals surface area contributed by atoms with Crippen LogP contribution in [0.1, 0.15) is 16.8 Å². The van der Waals surface area contributed by atoms with Crippen molar-refractivity contribution >= 4 is 11.9 Å². The number of carbonyl (C=O) groups excluding carboxylic acids is 1. The smallest absolute Gasteiger partial charge is 0.343 e. The van der Waals surface area contributed by atoms with Crippen molar-refractivity contribution in [1.29, 1.82) is 0 Å². The Balaban J connectivity index is 2.19. The highest BCUT2D eigenvalue weighted by molar-refractivity contribution is 5.95. The number of ether oxygens (including phenoxy) is 1. The predicted molar refractivity (Wildman–Crippen MR) is 64.9 cm³/mol. The van der Waals surface area contributed by atoms with Crippen molar-refractivity contribution in [2.75, 3.05) is 20.2 Å². The minimum Gasteiger partial charge on any atom is -0.494 e. The number of amides is 1. The van der Waals surface area contributed by atoms with Gasteiger partial charge in [-0.15, -0.1) is 0 Å². The van der Waals surface area contributed by atoms with E-state index in [-0.39, 0.29) is 24.3 Å². The standard InChI is InChI=1S/C13H13F2NO4/c1-20-10-6-8(2-3-9(10)14)11(17)16-5-4-13(15,7-16)12(18)19/h2-3,6H,4-5,7H2,1H3,(H,18,19). The first-order valence-corrected chi connectivity index (χ1v) is 5.92. The maximum absolute atomic E-state index is 13.9. The molecule has 1 aromatic rings. The number of nitrogens with zero attached hydrogens (tertiary/aromatic N) is 1. The molecular weight excluding hydrogens is 272 g/mol. The highest BCUT2D eigenvalue weighted by Gasteiger charge is 2.47. The number of carboxylic acids is 1. The van der Waals surface area contributed by atoms with E-state index in [0.717, 1.165) is 11.0 Å². The molecule has 0 aromatic heterocycles. The van der Waals surface area contributed by atoms with Crippen LogP contribution in [0.2, 0.25) is 0 Å². The summed E-state index contributed by atoms with van der Waals surface area (Å²) in [4.78, 5) is 24.0. The molecule has 1 aliphatic rings. The number of benzene rings is 1. The van der Waals surface area contributed by atoms with Gasteiger partial charge in [-0.25, -0.2) is 13.6 Å². The molecule has 2 rings (SSSR count). The van der Waals surface area contributed by atoms with Crippen LogP contribution in [0.25, 0.3) is 0 Å². The molecule has 1 heterocycles. The number of carboxylic acid groups (broad SMARTS) is 1. The lowest BCUT2D eigenvalue weighted by atomic mass is 10.1. The van der Waals surface area contributed by atoms with Crippen molar-refractivity contribution in [3.05, 3.63) is 29.6 Å². The Hall–Kier alpha value is -2.18. The average molecular weight is 285 g/mol. The Morgan fingerprint density at radius 3 is 2.70 bits per heavy atom.